The Balaban J connectivity index is 1.83. The molecule has 3 aromatic rings. The smallest absolute Gasteiger partial charge is 0.366 e. The van der Waals surface area contributed by atoms with Crippen molar-refractivity contribution in [2.75, 3.05) is 5.32 Å². The molecule has 0 saturated heterocycles. The predicted molar refractivity (Wildman–Crippen MR) is 90.5 cm³/mol. The monoisotopic (exact) mass is 362 g/mol. The highest BCUT2D eigenvalue weighted by molar-refractivity contribution is 5.62. The van der Waals surface area contributed by atoms with Crippen molar-refractivity contribution in [3.8, 4) is 11.4 Å². The summed E-state index contributed by atoms with van der Waals surface area (Å²) in [4.78, 5) is 8.84. The van der Waals surface area contributed by atoms with Gasteiger partial charge in [0.25, 0.3) is 0 Å². The van der Waals surface area contributed by atoms with Crippen LogP contribution in [-0.2, 0) is 12.7 Å². The molecule has 26 heavy (non-hydrogen) atoms. The molecule has 0 spiro atoms. The molecule has 0 aliphatic rings. The minimum atomic E-state index is -4.36. The van der Waals surface area contributed by atoms with Gasteiger partial charge in [0, 0.05) is 18.3 Å². The van der Waals surface area contributed by atoms with E-state index in [1.165, 1.54) is 6.07 Å². The van der Waals surface area contributed by atoms with Crippen LogP contribution in [0, 0.1) is 20.8 Å². The minimum Gasteiger partial charge on any atom is -0.366 e. The Kier molecular flexibility index (Phi) is 4.67. The standard InChI is InChI=1S/C18H17F3N4O/c1-10-7-15(24-17(23-10)16-11(2)25-26-12(16)3)22-9-13-5-4-6-14(8-13)18(19,20)21/h4-8H,9H2,1-3H3,(H,22,23,24). The molecular formula is C18H17F3N4O. The number of nitrogens with one attached hydrogen (secondary N) is 1. The van der Waals surface area contributed by atoms with Crippen LogP contribution in [0.3, 0.4) is 0 Å². The van der Waals surface area contributed by atoms with Crippen LogP contribution < -0.4 is 5.32 Å². The summed E-state index contributed by atoms with van der Waals surface area (Å²) in [5.41, 5.74) is 1.95. The third-order valence-corrected chi connectivity index (χ3v) is 3.84. The van der Waals surface area contributed by atoms with Crippen molar-refractivity contribution in [1.82, 2.24) is 15.1 Å². The van der Waals surface area contributed by atoms with Crippen LogP contribution in [0.15, 0.2) is 34.9 Å². The number of nitrogens with zero attached hydrogens (tertiary/aromatic N) is 3. The number of aromatic nitrogens is 3. The highest BCUT2D eigenvalue weighted by Crippen LogP contribution is 2.30. The first kappa shape index (κ1) is 17.9. The van der Waals surface area contributed by atoms with Crippen molar-refractivity contribution < 1.29 is 17.7 Å². The molecule has 0 bridgehead atoms. The van der Waals surface area contributed by atoms with Crippen LogP contribution in [0.5, 0.6) is 0 Å². The molecule has 1 aromatic carbocycles. The molecule has 136 valence electrons. The largest absolute Gasteiger partial charge is 0.416 e. The molecule has 2 aromatic heterocycles. The summed E-state index contributed by atoms with van der Waals surface area (Å²) in [6.45, 7) is 5.60. The summed E-state index contributed by atoms with van der Waals surface area (Å²) in [7, 11) is 0. The van der Waals surface area contributed by atoms with E-state index in [-0.39, 0.29) is 6.54 Å². The van der Waals surface area contributed by atoms with E-state index in [0.29, 0.717) is 28.7 Å². The SMILES string of the molecule is Cc1cc(NCc2cccc(C(F)(F)F)c2)nc(-c2c(C)noc2C)n1. The Morgan fingerprint density at radius 2 is 1.85 bits per heavy atom. The Morgan fingerprint density at radius 3 is 2.50 bits per heavy atom. The average Bonchev–Trinajstić information content (AvgIpc) is 2.91. The summed E-state index contributed by atoms with van der Waals surface area (Å²) in [6, 6.07) is 6.92. The normalized spacial score (nSPS) is 11.6. The summed E-state index contributed by atoms with van der Waals surface area (Å²) in [5, 5.41) is 6.95. The number of alkyl halides is 3. The molecule has 0 unspecified atom stereocenters. The van der Waals surface area contributed by atoms with Crippen molar-refractivity contribution in [2.24, 2.45) is 0 Å². The minimum absolute atomic E-state index is 0.210. The maximum atomic E-state index is 12.8. The number of hydrogen-bond acceptors (Lipinski definition) is 5. The number of rotatable bonds is 4. The van der Waals surface area contributed by atoms with Gasteiger partial charge in [-0.2, -0.15) is 13.2 Å². The molecule has 3 rings (SSSR count). The molecule has 8 heteroatoms. The molecule has 5 nitrogen and oxygen atoms in total. The maximum Gasteiger partial charge on any atom is 0.416 e. The van der Waals surface area contributed by atoms with Crippen molar-refractivity contribution in [2.45, 2.75) is 33.5 Å². The third-order valence-electron chi connectivity index (χ3n) is 3.84. The van der Waals surface area contributed by atoms with Gasteiger partial charge in [0.05, 0.1) is 16.8 Å². The van der Waals surface area contributed by atoms with Crippen molar-refractivity contribution in [1.29, 1.82) is 0 Å². The molecule has 0 aliphatic heterocycles. The van der Waals surface area contributed by atoms with Gasteiger partial charge in [-0.1, -0.05) is 17.3 Å². The second-order valence-electron chi connectivity index (χ2n) is 5.97. The number of anilines is 1. The quantitative estimate of drug-likeness (QED) is 0.730. The Labute approximate surface area is 148 Å². The zero-order valence-corrected chi connectivity index (χ0v) is 14.5. The van der Waals surface area contributed by atoms with Gasteiger partial charge in [-0.05, 0) is 38.5 Å². The van der Waals surface area contributed by atoms with Gasteiger partial charge in [-0.15, -0.1) is 0 Å². The molecule has 0 saturated carbocycles. The first-order chi connectivity index (χ1) is 12.2. The van der Waals surface area contributed by atoms with Crippen LogP contribution in [0.2, 0.25) is 0 Å². The average molecular weight is 362 g/mol. The predicted octanol–water partition coefficient (Wildman–Crippen LogP) is 4.69. The fourth-order valence-corrected chi connectivity index (χ4v) is 2.62. The van der Waals surface area contributed by atoms with E-state index in [4.69, 9.17) is 4.52 Å². The van der Waals surface area contributed by atoms with E-state index in [9.17, 15) is 13.2 Å². The van der Waals surface area contributed by atoms with E-state index in [1.54, 1.807) is 26.0 Å². The van der Waals surface area contributed by atoms with Gasteiger partial charge in [0.2, 0.25) is 0 Å². The fourth-order valence-electron chi connectivity index (χ4n) is 2.62. The Bertz CT molecular complexity index is 915. The van der Waals surface area contributed by atoms with Crippen LogP contribution in [-0.4, -0.2) is 15.1 Å². The van der Waals surface area contributed by atoms with E-state index in [0.717, 1.165) is 23.4 Å². The second kappa shape index (κ2) is 6.78. The van der Waals surface area contributed by atoms with Gasteiger partial charge in [0.1, 0.15) is 11.6 Å². The second-order valence-corrected chi connectivity index (χ2v) is 5.97. The van der Waals surface area contributed by atoms with Crippen molar-refractivity contribution in [3.63, 3.8) is 0 Å². The first-order valence-electron chi connectivity index (χ1n) is 7.93. The lowest BCUT2D eigenvalue weighted by atomic mass is 10.1. The molecule has 0 amide bonds. The van der Waals surface area contributed by atoms with E-state index in [1.807, 2.05) is 6.92 Å². The lowest BCUT2D eigenvalue weighted by Gasteiger charge is -2.11. The highest BCUT2D eigenvalue weighted by atomic mass is 19.4. The molecule has 0 radical (unpaired) electrons. The van der Waals surface area contributed by atoms with Gasteiger partial charge < -0.3 is 9.84 Å². The summed E-state index contributed by atoms with van der Waals surface area (Å²) < 4.78 is 43.6. The third kappa shape index (κ3) is 3.84. The molecule has 1 N–H and O–H groups in total. The zero-order valence-electron chi connectivity index (χ0n) is 14.5. The van der Waals surface area contributed by atoms with Gasteiger partial charge in [-0.25, -0.2) is 9.97 Å². The molecule has 0 atom stereocenters. The lowest BCUT2D eigenvalue weighted by molar-refractivity contribution is -0.137. The van der Waals surface area contributed by atoms with Gasteiger partial charge in [-0.3, -0.25) is 0 Å². The van der Waals surface area contributed by atoms with Crippen molar-refractivity contribution in [3.05, 3.63) is 58.6 Å². The number of hydrogen-bond donors (Lipinski definition) is 1. The van der Waals surface area contributed by atoms with E-state index >= 15 is 0 Å². The van der Waals surface area contributed by atoms with Crippen LogP contribution in [0.4, 0.5) is 19.0 Å². The van der Waals surface area contributed by atoms with Crippen LogP contribution in [0.25, 0.3) is 11.4 Å². The maximum absolute atomic E-state index is 12.8. The van der Waals surface area contributed by atoms with E-state index < -0.39 is 11.7 Å². The molecule has 0 aliphatic carbocycles. The lowest BCUT2D eigenvalue weighted by Crippen LogP contribution is -2.08. The fraction of sp³-hybridized carbons (Fsp3) is 0.278. The van der Waals surface area contributed by atoms with Crippen LogP contribution in [0.1, 0.15) is 28.3 Å². The molecule has 0 fully saturated rings. The number of aryl methyl sites for hydroxylation is 3. The number of benzene rings is 1. The van der Waals surface area contributed by atoms with Gasteiger partial charge >= 0.3 is 6.18 Å². The first-order valence-corrected chi connectivity index (χ1v) is 7.93. The highest BCUT2D eigenvalue weighted by Gasteiger charge is 2.30. The van der Waals surface area contributed by atoms with E-state index in [2.05, 4.69) is 20.4 Å². The topological polar surface area (TPSA) is 63.8 Å². The van der Waals surface area contributed by atoms with Crippen molar-refractivity contribution >= 4 is 5.82 Å². The Morgan fingerprint density at radius 1 is 1.08 bits per heavy atom. The molecular weight excluding hydrogens is 345 g/mol. The summed E-state index contributed by atoms with van der Waals surface area (Å²) in [5.74, 6) is 1.59. The Hall–Kier alpha value is -2.90. The van der Waals surface area contributed by atoms with Crippen LogP contribution >= 0.6 is 0 Å². The number of halogens is 3. The van der Waals surface area contributed by atoms with Gasteiger partial charge in [0.15, 0.2) is 5.82 Å². The zero-order chi connectivity index (χ0) is 18.9. The molecule has 2 heterocycles. The summed E-state index contributed by atoms with van der Waals surface area (Å²) >= 11 is 0. The summed E-state index contributed by atoms with van der Waals surface area (Å²) in [6.07, 6.45) is -4.36.